The lowest BCUT2D eigenvalue weighted by atomic mass is 9.64. The number of anilines is 6. The summed E-state index contributed by atoms with van der Waals surface area (Å²) < 4.78 is 0. The number of hydrogen-bond donors (Lipinski definition) is 0. The molecular weight excluding hydrogens is 689 g/mol. The van der Waals surface area contributed by atoms with Crippen molar-refractivity contribution in [3.63, 3.8) is 0 Å². The Bertz CT molecular complexity index is 2830. The normalized spacial score (nSPS) is 13.0. The summed E-state index contributed by atoms with van der Waals surface area (Å²) >= 11 is 0. The van der Waals surface area contributed by atoms with Crippen LogP contribution in [0.3, 0.4) is 0 Å². The molecule has 11 rings (SSSR count). The number of hydrogen-bond acceptors (Lipinski definition) is 2. The zero-order chi connectivity index (χ0) is 37.8. The molecule has 0 bridgehead atoms. The zero-order valence-corrected chi connectivity index (χ0v) is 31.3. The van der Waals surface area contributed by atoms with Crippen molar-refractivity contribution in [3.8, 4) is 33.4 Å². The molecule has 0 unspecified atom stereocenters. The second kappa shape index (κ2) is 13.4. The van der Waals surface area contributed by atoms with E-state index in [4.69, 9.17) is 0 Å². The molecule has 0 aromatic heterocycles. The Hall–Kier alpha value is -7.42. The number of fused-ring (bicyclic) bond motifs is 9. The Morgan fingerprint density at radius 3 is 1.33 bits per heavy atom. The van der Waals surface area contributed by atoms with Crippen LogP contribution in [0.25, 0.3) is 33.4 Å². The van der Waals surface area contributed by atoms with Crippen LogP contribution >= 0.6 is 0 Å². The molecule has 1 aliphatic carbocycles. The monoisotopic (exact) mass is 726 g/mol. The van der Waals surface area contributed by atoms with E-state index >= 15 is 0 Å². The molecule has 2 heteroatoms. The Morgan fingerprint density at radius 2 is 0.719 bits per heavy atom. The fourth-order valence-electron chi connectivity index (χ4n) is 9.40. The number of rotatable bonds is 6. The Balaban J connectivity index is 1.04. The van der Waals surface area contributed by atoms with Gasteiger partial charge in [0.05, 0.1) is 16.8 Å². The molecule has 1 aliphatic heterocycles. The van der Waals surface area contributed by atoms with E-state index in [1.165, 1.54) is 67.0 Å². The molecule has 268 valence electrons. The standard InChI is InChI=1S/C55H38N2/c1-4-16-39(17-5-1)40-28-33-45(34-29-40)56(43-18-6-2-7-19-43)46-35-30-41(31-36-46)42-32-37-48-47-22-10-11-23-49(47)55(52(48)38-42)50-24-12-14-26-53(50)57(44-20-8-3-9-21-44)54-27-15-13-25-51(54)55/h1-38H. The van der Waals surface area contributed by atoms with Crippen molar-refractivity contribution in [1.29, 1.82) is 0 Å². The molecule has 1 heterocycles. The predicted molar refractivity (Wildman–Crippen MR) is 238 cm³/mol. The van der Waals surface area contributed by atoms with Crippen LogP contribution < -0.4 is 9.80 Å². The van der Waals surface area contributed by atoms with Crippen molar-refractivity contribution in [2.75, 3.05) is 9.80 Å². The second-order valence-corrected chi connectivity index (χ2v) is 14.9. The molecule has 9 aromatic rings. The highest BCUT2D eigenvalue weighted by molar-refractivity contribution is 5.96. The van der Waals surface area contributed by atoms with Crippen molar-refractivity contribution in [3.05, 3.63) is 253 Å². The van der Waals surface area contributed by atoms with Crippen LogP contribution in [0.4, 0.5) is 34.1 Å². The maximum Gasteiger partial charge on any atom is 0.0754 e. The fraction of sp³-hybridized carbons (Fsp3) is 0.0182. The van der Waals surface area contributed by atoms with Gasteiger partial charge in [-0.3, -0.25) is 0 Å². The van der Waals surface area contributed by atoms with Crippen LogP contribution in [0, 0.1) is 0 Å². The van der Waals surface area contributed by atoms with E-state index in [1.807, 2.05) is 0 Å². The van der Waals surface area contributed by atoms with Gasteiger partial charge in [0.1, 0.15) is 0 Å². The first kappa shape index (κ1) is 33.0. The topological polar surface area (TPSA) is 6.48 Å². The summed E-state index contributed by atoms with van der Waals surface area (Å²) in [6.07, 6.45) is 0. The summed E-state index contributed by atoms with van der Waals surface area (Å²) in [5, 5.41) is 0. The van der Waals surface area contributed by atoms with Gasteiger partial charge < -0.3 is 9.80 Å². The van der Waals surface area contributed by atoms with E-state index in [2.05, 4.69) is 240 Å². The first-order chi connectivity index (χ1) is 28.3. The van der Waals surface area contributed by atoms with E-state index in [0.717, 1.165) is 22.7 Å². The molecular formula is C55H38N2. The molecule has 1 spiro atoms. The van der Waals surface area contributed by atoms with E-state index in [0.29, 0.717) is 0 Å². The highest BCUT2D eigenvalue weighted by Gasteiger charge is 2.51. The van der Waals surface area contributed by atoms with Crippen molar-refractivity contribution in [2.45, 2.75) is 5.41 Å². The van der Waals surface area contributed by atoms with Crippen LogP contribution in [0.1, 0.15) is 22.3 Å². The lowest BCUT2D eigenvalue weighted by Crippen LogP contribution is -2.36. The average Bonchev–Trinajstić information content (AvgIpc) is 3.58. The van der Waals surface area contributed by atoms with Gasteiger partial charge in [-0.1, -0.05) is 164 Å². The molecule has 0 radical (unpaired) electrons. The van der Waals surface area contributed by atoms with Crippen LogP contribution in [-0.2, 0) is 5.41 Å². The fourth-order valence-corrected chi connectivity index (χ4v) is 9.40. The van der Waals surface area contributed by atoms with Gasteiger partial charge in [-0.15, -0.1) is 0 Å². The van der Waals surface area contributed by atoms with Gasteiger partial charge in [0.15, 0.2) is 0 Å². The van der Waals surface area contributed by atoms with Gasteiger partial charge in [0, 0.05) is 22.7 Å². The minimum absolute atomic E-state index is 0.490. The summed E-state index contributed by atoms with van der Waals surface area (Å²) in [7, 11) is 0. The molecule has 2 aliphatic rings. The smallest absolute Gasteiger partial charge is 0.0754 e. The summed E-state index contributed by atoms with van der Waals surface area (Å²) in [4.78, 5) is 4.77. The quantitative estimate of drug-likeness (QED) is 0.168. The van der Waals surface area contributed by atoms with Gasteiger partial charge in [-0.25, -0.2) is 0 Å². The first-order valence-electron chi connectivity index (χ1n) is 19.7. The van der Waals surface area contributed by atoms with Gasteiger partial charge in [0.25, 0.3) is 0 Å². The number of nitrogens with zero attached hydrogens (tertiary/aromatic N) is 2. The molecule has 0 saturated carbocycles. The first-order valence-corrected chi connectivity index (χ1v) is 19.7. The third-order valence-corrected chi connectivity index (χ3v) is 11.9. The molecule has 0 atom stereocenters. The zero-order valence-electron chi connectivity index (χ0n) is 31.3. The van der Waals surface area contributed by atoms with Crippen molar-refractivity contribution in [2.24, 2.45) is 0 Å². The maximum atomic E-state index is 2.47. The highest BCUT2D eigenvalue weighted by Crippen LogP contribution is 2.63. The van der Waals surface area contributed by atoms with Crippen molar-refractivity contribution in [1.82, 2.24) is 0 Å². The third-order valence-electron chi connectivity index (χ3n) is 11.9. The summed E-state index contributed by atoms with van der Waals surface area (Å²) in [5.41, 5.74) is 19.1. The largest absolute Gasteiger partial charge is 0.311 e. The highest BCUT2D eigenvalue weighted by atomic mass is 15.2. The molecule has 0 N–H and O–H groups in total. The lowest BCUT2D eigenvalue weighted by Gasteiger charge is -2.45. The van der Waals surface area contributed by atoms with E-state index in [9.17, 15) is 0 Å². The summed E-state index contributed by atoms with van der Waals surface area (Å²) in [6, 6.07) is 84.1. The van der Waals surface area contributed by atoms with Crippen LogP contribution in [0.2, 0.25) is 0 Å². The van der Waals surface area contributed by atoms with Crippen LogP contribution in [0.15, 0.2) is 231 Å². The predicted octanol–water partition coefficient (Wildman–Crippen LogP) is 14.6. The third kappa shape index (κ3) is 5.18. The average molecular weight is 727 g/mol. The maximum absolute atomic E-state index is 2.47. The molecule has 2 nitrogen and oxygen atoms in total. The second-order valence-electron chi connectivity index (χ2n) is 14.9. The van der Waals surface area contributed by atoms with Crippen LogP contribution in [0.5, 0.6) is 0 Å². The van der Waals surface area contributed by atoms with Crippen molar-refractivity contribution >= 4 is 34.1 Å². The Kier molecular flexibility index (Phi) is 7.75. The Labute approximate surface area is 334 Å². The van der Waals surface area contributed by atoms with Gasteiger partial charge in [-0.05, 0) is 122 Å². The van der Waals surface area contributed by atoms with Gasteiger partial charge in [0.2, 0.25) is 0 Å². The summed E-state index contributed by atoms with van der Waals surface area (Å²) in [5.74, 6) is 0. The Morgan fingerprint density at radius 1 is 0.298 bits per heavy atom. The van der Waals surface area contributed by atoms with Gasteiger partial charge in [-0.2, -0.15) is 0 Å². The van der Waals surface area contributed by atoms with E-state index in [-0.39, 0.29) is 0 Å². The van der Waals surface area contributed by atoms with E-state index < -0.39 is 5.41 Å². The van der Waals surface area contributed by atoms with E-state index in [1.54, 1.807) is 0 Å². The molecule has 0 saturated heterocycles. The van der Waals surface area contributed by atoms with Crippen molar-refractivity contribution < 1.29 is 0 Å². The van der Waals surface area contributed by atoms with Gasteiger partial charge >= 0.3 is 0 Å². The summed E-state index contributed by atoms with van der Waals surface area (Å²) in [6.45, 7) is 0. The lowest BCUT2D eigenvalue weighted by molar-refractivity contribution is 0.753. The minimum Gasteiger partial charge on any atom is -0.311 e. The number of benzene rings is 9. The van der Waals surface area contributed by atoms with Crippen LogP contribution in [-0.4, -0.2) is 0 Å². The minimum atomic E-state index is -0.490. The SMILES string of the molecule is c1ccc(-c2ccc(N(c3ccccc3)c3ccc(-c4ccc5c(c4)C4(c6ccccc6-5)c5ccccc5N(c5ccccc5)c5ccccc54)cc3)cc2)cc1. The number of para-hydroxylation sites is 4. The molecule has 9 aromatic carbocycles. The molecule has 0 amide bonds. The molecule has 0 fully saturated rings. The molecule has 57 heavy (non-hydrogen) atoms.